The second-order valence-electron chi connectivity index (χ2n) is 5.21. The Bertz CT molecular complexity index is 780. The van der Waals surface area contributed by atoms with E-state index in [1.54, 1.807) is 12.3 Å². The summed E-state index contributed by atoms with van der Waals surface area (Å²) in [5.41, 5.74) is 2.41. The molecule has 3 aromatic rings. The molecule has 3 rings (SSSR count). The van der Waals surface area contributed by atoms with Crippen molar-refractivity contribution in [1.82, 2.24) is 4.98 Å². The van der Waals surface area contributed by atoms with Gasteiger partial charge in [-0.1, -0.05) is 30.3 Å². The smallest absolute Gasteiger partial charge is 0.123 e. The zero-order chi connectivity index (χ0) is 14.8. The van der Waals surface area contributed by atoms with Crippen LogP contribution >= 0.6 is 0 Å². The summed E-state index contributed by atoms with van der Waals surface area (Å²) in [7, 11) is 0. The predicted molar refractivity (Wildman–Crippen MR) is 81.5 cm³/mol. The van der Waals surface area contributed by atoms with Crippen molar-refractivity contribution < 1.29 is 9.50 Å². The Labute approximate surface area is 122 Å². The highest BCUT2D eigenvalue weighted by molar-refractivity contribution is 5.84. The average Bonchev–Trinajstić information content (AvgIpc) is 2.50. The van der Waals surface area contributed by atoms with Crippen molar-refractivity contribution in [1.29, 1.82) is 0 Å². The summed E-state index contributed by atoms with van der Waals surface area (Å²) in [5, 5.41) is 12.5. The number of aromatic nitrogens is 1. The van der Waals surface area contributed by atoms with Gasteiger partial charge in [0.15, 0.2) is 0 Å². The van der Waals surface area contributed by atoms with E-state index in [-0.39, 0.29) is 5.82 Å². The van der Waals surface area contributed by atoms with Crippen LogP contribution in [0.25, 0.3) is 10.8 Å². The molecule has 1 atom stereocenters. The van der Waals surface area contributed by atoms with Gasteiger partial charge in [0.2, 0.25) is 0 Å². The molecule has 0 saturated carbocycles. The molecule has 0 amide bonds. The largest absolute Gasteiger partial charge is 0.386 e. The number of aliphatic hydroxyl groups excluding tert-OH is 1. The second-order valence-corrected chi connectivity index (χ2v) is 5.21. The second kappa shape index (κ2) is 5.62. The number of hydrogen-bond acceptors (Lipinski definition) is 2. The molecule has 0 aliphatic rings. The van der Waals surface area contributed by atoms with Gasteiger partial charge >= 0.3 is 0 Å². The maximum atomic E-state index is 13.4. The molecule has 2 nitrogen and oxygen atoms in total. The zero-order valence-electron chi connectivity index (χ0n) is 11.8. The SMILES string of the molecule is Cc1ccc(F)cc1CC(O)c1nccc2ccccc12. The molecule has 0 aliphatic carbocycles. The molecule has 106 valence electrons. The maximum Gasteiger partial charge on any atom is 0.123 e. The van der Waals surface area contributed by atoms with Crippen molar-refractivity contribution in [3.05, 3.63) is 77.4 Å². The number of aryl methyl sites for hydroxylation is 1. The van der Waals surface area contributed by atoms with Gasteiger partial charge in [0.1, 0.15) is 11.9 Å². The van der Waals surface area contributed by atoms with Crippen LogP contribution < -0.4 is 0 Å². The number of fused-ring (bicyclic) bond motifs is 1. The van der Waals surface area contributed by atoms with Crippen LogP contribution in [0, 0.1) is 12.7 Å². The number of hydrogen-bond donors (Lipinski definition) is 1. The standard InChI is InChI=1S/C18H16FNO/c1-12-6-7-15(19)10-14(12)11-17(21)18-16-5-3-2-4-13(16)8-9-20-18/h2-10,17,21H,11H2,1H3. The quantitative estimate of drug-likeness (QED) is 0.788. The van der Waals surface area contributed by atoms with Gasteiger partial charge in [0, 0.05) is 18.0 Å². The Morgan fingerprint density at radius 2 is 1.95 bits per heavy atom. The first-order valence-corrected chi connectivity index (χ1v) is 6.92. The van der Waals surface area contributed by atoms with Gasteiger partial charge in [0.05, 0.1) is 5.69 Å². The Kier molecular flexibility index (Phi) is 3.67. The molecular formula is C18H16FNO. The van der Waals surface area contributed by atoms with Crippen LogP contribution in [0.5, 0.6) is 0 Å². The first kappa shape index (κ1) is 13.7. The van der Waals surface area contributed by atoms with Gasteiger partial charge < -0.3 is 5.11 Å². The molecule has 0 fully saturated rings. The number of benzene rings is 2. The molecule has 3 heteroatoms. The molecular weight excluding hydrogens is 265 g/mol. The van der Waals surface area contributed by atoms with Gasteiger partial charge in [-0.3, -0.25) is 4.98 Å². The molecule has 1 unspecified atom stereocenters. The molecule has 0 spiro atoms. The van der Waals surface area contributed by atoms with Gasteiger partial charge in [-0.05, 0) is 41.6 Å². The lowest BCUT2D eigenvalue weighted by Crippen LogP contribution is -2.06. The van der Waals surface area contributed by atoms with E-state index >= 15 is 0 Å². The van der Waals surface area contributed by atoms with Crippen LogP contribution in [0.3, 0.4) is 0 Å². The van der Waals surface area contributed by atoms with Crippen molar-refractivity contribution in [2.75, 3.05) is 0 Å². The van der Waals surface area contributed by atoms with Crippen molar-refractivity contribution >= 4 is 10.8 Å². The van der Waals surface area contributed by atoms with Crippen LogP contribution in [-0.4, -0.2) is 10.1 Å². The Morgan fingerprint density at radius 3 is 2.81 bits per heavy atom. The molecule has 1 aromatic heterocycles. The van der Waals surface area contributed by atoms with E-state index in [2.05, 4.69) is 4.98 Å². The fraction of sp³-hybridized carbons (Fsp3) is 0.167. The average molecular weight is 281 g/mol. The van der Waals surface area contributed by atoms with Crippen LogP contribution in [0.15, 0.2) is 54.7 Å². The van der Waals surface area contributed by atoms with Crippen LogP contribution in [0.4, 0.5) is 4.39 Å². The molecule has 0 radical (unpaired) electrons. The number of nitrogens with zero attached hydrogens (tertiary/aromatic N) is 1. The third-order valence-electron chi connectivity index (χ3n) is 3.74. The monoisotopic (exact) mass is 281 g/mol. The van der Waals surface area contributed by atoms with E-state index in [9.17, 15) is 9.50 Å². The maximum absolute atomic E-state index is 13.4. The van der Waals surface area contributed by atoms with Crippen LogP contribution in [0.1, 0.15) is 22.9 Å². The fourth-order valence-corrected chi connectivity index (χ4v) is 2.57. The highest BCUT2D eigenvalue weighted by Gasteiger charge is 2.15. The summed E-state index contributed by atoms with van der Waals surface area (Å²) < 4.78 is 13.4. The Morgan fingerprint density at radius 1 is 1.14 bits per heavy atom. The van der Waals surface area contributed by atoms with E-state index in [0.29, 0.717) is 12.1 Å². The lowest BCUT2D eigenvalue weighted by atomic mass is 9.98. The predicted octanol–water partition coefficient (Wildman–Crippen LogP) is 3.96. The molecule has 1 N–H and O–H groups in total. The highest BCUT2D eigenvalue weighted by Crippen LogP contribution is 2.25. The Hall–Kier alpha value is -2.26. The summed E-state index contributed by atoms with van der Waals surface area (Å²) in [6.07, 6.45) is 1.29. The van der Waals surface area contributed by atoms with Gasteiger partial charge in [0.25, 0.3) is 0 Å². The molecule has 0 aliphatic heterocycles. The van der Waals surface area contributed by atoms with Crippen molar-refractivity contribution in [3.8, 4) is 0 Å². The topological polar surface area (TPSA) is 33.1 Å². The van der Waals surface area contributed by atoms with Crippen molar-refractivity contribution in [2.45, 2.75) is 19.4 Å². The fourth-order valence-electron chi connectivity index (χ4n) is 2.57. The minimum Gasteiger partial charge on any atom is -0.386 e. The first-order valence-electron chi connectivity index (χ1n) is 6.92. The number of pyridine rings is 1. The van der Waals surface area contributed by atoms with E-state index in [1.165, 1.54) is 12.1 Å². The summed E-state index contributed by atoms with van der Waals surface area (Å²) in [5.74, 6) is -0.284. The summed E-state index contributed by atoms with van der Waals surface area (Å²) in [6.45, 7) is 1.91. The van der Waals surface area contributed by atoms with Gasteiger partial charge in [-0.25, -0.2) is 4.39 Å². The molecule has 0 saturated heterocycles. The van der Waals surface area contributed by atoms with Gasteiger partial charge in [-0.15, -0.1) is 0 Å². The summed E-state index contributed by atoms with van der Waals surface area (Å²) in [6, 6.07) is 14.4. The summed E-state index contributed by atoms with van der Waals surface area (Å²) in [4.78, 5) is 4.31. The Balaban J connectivity index is 1.97. The third kappa shape index (κ3) is 2.78. The number of halogens is 1. The third-order valence-corrected chi connectivity index (χ3v) is 3.74. The number of rotatable bonds is 3. The highest BCUT2D eigenvalue weighted by atomic mass is 19.1. The van der Waals surface area contributed by atoms with E-state index in [4.69, 9.17) is 0 Å². The van der Waals surface area contributed by atoms with Crippen LogP contribution in [-0.2, 0) is 6.42 Å². The van der Waals surface area contributed by atoms with Crippen molar-refractivity contribution in [3.63, 3.8) is 0 Å². The summed E-state index contributed by atoms with van der Waals surface area (Å²) >= 11 is 0. The molecule has 21 heavy (non-hydrogen) atoms. The van der Waals surface area contributed by atoms with Crippen molar-refractivity contribution in [2.24, 2.45) is 0 Å². The van der Waals surface area contributed by atoms with E-state index in [0.717, 1.165) is 21.9 Å². The lowest BCUT2D eigenvalue weighted by molar-refractivity contribution is 0.175. The molecule has 1 heterocycles. The van der Waals surface area contributed by atoms with E-state index in [1.807, 2.05) is 37.3 Å². The molecule has 2 aromatic carbocycles. The van der Waals surface area contributed by atoms with E-state index < -0.39 is 6.10 Å². The zero-order valence-corrected chi connectivity index (χ0v) is 11.8. The minimum absolute atomic E-state index is 0.284. The van der Waals surface area contributed by atoms with Crippen LogP contribution in [0.2, 0.25) is 0 Å². The first-order chi connectivity index (χ1) is 10.1. The normalized spacial score (nSPS) is 12.5. The minimum atomic E-state index is -0.753. The molecule has 0 bridgehead atoms. The lowest BCUT2D eigenvalue weighted by Gasteiger charge is -2.14. The van der Waals surface area contributed by atoms with Gasteiger partial charge in [-0.2, -0.15) is 0 Å². The number of aliphatic hydroxyl groups is 1.